The largest absolute Gasteiger partial charge is 0.375 e. The van der Waals surface area contributed by atoms with Crippen molar-refractivity contribution in [2.45, 2.75) is 13.5 Å². The van der Waals surface area contributed by atoms with E-state index in [2.05, 4.69) is 15.3 Å². The zero-order chi connectivity index (χ0) is 12.3. The Hall–Kier alpha value is -2.04. The highest BCUT2D eigenvalue weighted by atomic mass is 19.1. The van der Waals surface area contributed by atoms with E-state index in [0.717, 1.165) is 0 Å². The predicted molar refractivity (Wildman–Crippen MR) is 60.5 cm³/mol. The number of aromatic nitrogens is 2. The Morgan fingerprint density at radius 1 is 1.24 bits per heavy atom. The number of nitrogens with one attached hydrogen (secondary N) is 1. The van der Waals surface area contributed by atoms with Crippen LogP contribution in [0, 0.1) is 18.6 Å². The smallest absolute Gasteiger partial charge is 0.152 e. The van der Waals surface area contributed by atoms with Crippen LogP contribution in [0.15, 0.2) is 30.7 Å². The maximum atomic E-state index is 13.6. The van der Waals surface area contributed by atoms with Crippen LogP contribution in [0.4, 0.5) is 14.5 Å². The Morgan fingerprint density at radius 3 is 2.76 bits per heavy atom. The molecule has 0 saturated heterocycles. The highest BCUT2D eigenvalue weighted by Crippen LogP contribution is 2.21. The normalized spacial score (nSPS) is 10.3. The lowest BCUT2D eigenvalue weighted by molar-refractivity contribution is 0.582. The van der Waals surface area contributed by atoms with Crippen molar-refractivity contribution in [1.29, 1.82) is 0 Å². The summed E-state index contributed by atoms with van der Waals surface area (Å²) >= 11 is 0. The first-order valence-corrected chi connectivity index (χ1v) is 5.12. The van der Waals surface area contributed by atoms with Gasteiger partial charge < -0.3 is 5.32 Å². The van der Waals surface area contributed by atoms with Crippen LogP contribution in [-0.2, 0) is 6.54 Å². The molecular formula is C12H11F2N3. The van der Waals surface area contributed by atoms with Crippen molar-refractivity contribution in [3.05, 3.63) is 53.6 Å². The van der Waals surface area contributed by atoms with E-state index in [1.807, 2.05) is 0 Å². The lowest BCUT2D eigenvalue weighted by Gasteiger charge is -2.09. The molecule has 0 fully saturated rings. The third kappa shape index (κ3) is 2.55. The van der Waals surface area contributed by atoms with Gasteiger partial charge in [0.15, 0.2) is 5.82 Å². The molecule has 0 unspecified atom stereocenters. The standard InChI is InChI=1S/C12H11F2N3/c1-8-2-3-10(13)12(11(8)14)16-6-9-4-5-15-7-17-9/h2-5,7,16H,6H2,1H3. The lowest BCUT2D eigenvalue weighted by Crippen LogP contribution is -2.06. The van der Waals surface area contributed by atoms with Gasteiger partial charge in [-0.25, -0.2) is 18.7 Å². The predicted octanol–water partition coefficient (Wildman–Crippen LogP) is 2.68. The second kappa shape index (κ2) is 4.86. The van der Waals surface area contributed by atoms with Crippen molar-refractivity contribution < 1.29 is 8.78 Å². The maximum Gasteiger partial charge on any atom is 0.152 e. The summed E-state index contributed by atoms with van der Waals surface area (Å²) in [5.74, 6) is -1.18. The first-order chi connectivity index (χ1) is 8.18. The monoisotopic (exact) mass is 235 g/mol. The Bertz CT molecular complexity index is 515. The van der Waals surface area contributed by atoms with Crippen LogP contribution in [0.25, 0.3) is 0 Å². The number of halogens is 2. The zero-order valence-corrected chi connectivity index (χ0v) is 9.24. The zero-order valence-electron chi connectivity index (χ0n) is 9.24. The molecule has 0 aliphatic rings. The Morgan fingerprint density at radius 2 is 2.06 bits per heavy atom. The molecular weight excluding hydrogens is 224 g/mol. The van der Waals surface area contributed by atoms with Crippen LogP contribution in [0.3, 0.4) is 0 Å². The van der Waals surface area contributed by atoms with Gasteiger partial charge in [0.1, 0.15) is 17.8 Å². The van der Waals surface area contributed by atoms with Crippen molar-refractivity contribution in [2.24, 2.45) is 0 Å². The van der Waals surface area contributed by atoms with Gasteiger partial charge in [-0.3, -0.25) is 0 Å². The SMILES string of the molecule is Cc1ccc(F)c(NCc2ccncn2)c1F. The van der Waals surface area contributed by atoms with Gasteiger partial charge in [-0.1, -0.05) is 6.07 Å². The highest BCUT2D eigenvalue weighted by molar-refractivity contribution is 5.49. The molecule has 0 spiro atoms. The van der Waals surface area contributed by atoms with E-state index in [1.165, 1.54) is 18.5 Å². The summed E-state index contributed by atoms with van der Waals surface area (Å²) in [5, 5.41) is 2.70. The van der Waals surface area contributed by atoms with Crippen molar-refractivity contribution >= 4 is 5.69 Å². The summed E-state index contributed by atoms with van der Waals surface area (Å²) in [7, 11) is 0. The molecule has 88 valence electrons. The molecule has 1 N–H and O–H groups in total. The van der Waals surface area contributed by atoms with Crippen molar-refractivity contribution in [3.63, 3.8) is 0 Å². The molecule has 2 rings (SSSR count). The minimum Gasteiger partial charge on any atom is -0.375 e. The molecule has 1 heterocycles. The average molecular weight is 235 g/mol. The number of hydrogen-bond donors (Lipinski definition) is 1. The van der Waals surface area contributed by atoms with E-state index >= 15 is 0 Å². The van der Waals surface area contributed by atoms with Gasteiger partial charge in [0, 0.05) is 6.20 Å². The molecule has 1 aromatic carbocycles. The lowest BCUT2D eigenvalue weighted by atomic mass is 10.2. The summed E-state index contributed by atoms with van der Waals surface area (Å²) < 4.78 is 27.0. The fourth-order valence-corrected chi connectivity index (χ4v) is 1.42. The van der Waals surface area contributed by atoms with Crippen LogP contribution < -0.4 is 5.32 Å². The van der Waals surface area contributed by atoms with Crippen LogP contribution in [0.5, 0.6) is 0 Å². The quantitative estimate of drug-likeness (QED) is 0.888. The third-order valence-electron chi connectivity index (χ3n) is 2.37. The second-order valence-corrected chi connectivity index (χ2v) is 3.61. The van der Waals surface area contributed by atoms with Gasteiger partial charge in [-0.15, -0.1) is 0 Å². The minimum atomic E-state index is -0.609. The Balaban J connectivity index is 2.17. The van der Waals surface area contributed by atoms with E-state index in [1.54, 1.807) is 19.2 Å². The number of anilines is 1. The van der Waals surface area contributed by atoms with Crippen LogP contribution >= 0.6 is 0 Å². The summed E-state index contributed by atoms with van der Waals surface area (Å²) in [5.41, 5.74) is 0.945. The minimum absolute atomic E-state index is 0.122. The summed E-state index contributed by atoms with van der Waals surface area (Å²) in [4.78, 5) is 7.72. The van der Waals surface area contributed by atoms with Gasteiger partial charge in [0.25, 0.3) is 0 Å². The molecule has 0 aliphatic carbocycles. The fourth-order valence-electron chi connectivity index (χ4n) is 1.42. The van der Waals surface area contributed by atoms with Crippen molar-refractivity contribution in [2.75, 3.05) is 5.32 Å². The summed E-state index contributed by atoms with van der Waals surface area (Å²) in [6.07, 6.45) is 2.97. The highest BCUT2D eigenvalue weighted by Gasteiger charge is 2.10. The molecule has 3 nitrogen and oxygen atoms in total. The fraction of sp³-hybridized carbons (Fsp3) is 0.167. The maximum absolute atomic E-state index is 13.6. The number of aryl methyl sites for hydroxylation is 1. The molecule has 0 atom stereocenters. The first kappa shape index (κ1) is 11.4. The summed E-state index contributed by atoms with van der Waals surface area (Å²) in [6, 6.07) is 4.32. The first-order valence-electron chi connectivity index (χ1n) is 5.12. The molecule has 2 aromatic rings. The van der Waals surface area contributed by atoms with Crippen LogP contribution in [0.1, 0.15) is 11.3 Å². The van der Waals surface area contributed by atoms with Gasteiger partial charge in [0.2, 0.25) is 0 Å². The summed E-state index contributed by atoms with van der Waals surface area (Å²) in [6.45, 7) is 1.84. The molecule has 1 aromatic heterocycles. The Labute approximate surface area is 97.5 Å². The van der Waals surface area contributed by atoms with E-state index < -0.39 is 11.6 Å². The second-order valence-electron chi connectivity index (χ2n) is 3.61. The van der Waals surface area contributed by atoms with Gasteiger partial charge in [-0.05, 0) is 24.6 Å². The van der Waals surface area contributed by atoms with E-state index in [4.69, 9.17) is 0 Å². The molecule has 0 bridgehead atoms. The van der Waals surface area contributed by atoms with E-state index in [9.17, 15) is 8.78 Å². The van der Waals surface area contributed by atoms with E-state index in [-0.39, 0.29) is 12.2 Å². The number of benzene rings is 1. The van der Waals surface area contributed by atoms with Gasteiger partial charge in [0.05, 0.1) is 12.2 Å². The Kier molecular flexibility index (Phi) is 3.27. The average Bonchev–Trinajstić information content (AvgIpc) is 2.35. The third-order valence-corrected chi connectivity index (χ3v) is 2.37. The molecule has 0 amide bonds. The van der Waals surface area contributed by atoms with Crippen molar-refractivity contribution in [1.82, 2.24) is 9.97 Å². The molecule has 0 aliphatic heterocycles. The van der Waals surface area contributed by atoms with E-state index in [0.29, 0.717) is 11.3 Å². The topological polar surface area (TPSA) is 37.8 Å². The molecule has 17 heavy (non-hydrogen) atoms. The number of hydrogen-bond acceptors (Lipinski definition) is 3. The molecule has 0 radical (unpaired) electrons. The number of nitrogens with zero attached hydrogens (tertiary/aromatic N) is 2. The van der Waals surface area contributed by atoms with Crippen LogP contribution in [-0.4, -0.2) is 9.97 Å². The van der Waals surface area contributed by atoms with Crippen molar-refractivity contribution in [3.8, 4) is 0 Å². The number of rotatable bonds is 3. The molecule has 5 heteroatoms. The van der Waals surface area contributed by atoms with Gasteiger partial charge in [-0.2, -0.15) is 0 Å². The van der Waals surface area contributed by atoms with Gasteiger partial charge >= 0.3 is 0 Å². The van der Waals surface area contributed by atoms with Crippen LogP contribution in [0.2, 0.25) is 0 Å². The molecule has 0 saturated carbocycles.